The van der Waals surface area contributed by atoms with Gasteiger partial charge in [0.2, 0.25) is 12.8 Å². The van der Waals surface area contributed by atoms with E-state index in [4.69, 9.17) is 0 Å². The highest BCUT2D eigenvalue weighted by atomic mass is 16.1. The van der Waals surface area contributed by atoms with Gasteiger partial charge >= 0.3 is 0 Å². The van der Waals surface area contributed by atoms with Crippen molar-refractivity contribution in [1.82, 2.24) is 9.80 Å². The van der Waals surface area contributed by atoms with E-state index in [1.165, 1.54) is 0 Å². The average Bonchev–Trinajstić information content (AvgIpc) is 2.43. The summed E-state index contributed by atoms with van der Waals surface area (Å²) in [4.78, 5) is 24.6. The van der Waals surface area contributed by atoms with Crippen molar-refractivity contribution in [3.05, 3.63) is 25.6 Å². The van der Waals surface area contributed by atoms with E-state index in [-0.39, 0.29) is 0 Å². The highest BCUT2D eigenvalue weighted by Crippen LogP contribution is 2.29. The Morgan fingerprint density at radius 1 is 0.833 bits per heavy atom. The minimum atomic E-state index is 0.554. The van der Waals surface area contributed by atoms with Crippen LogP contribution in [-0.4, -0.2) is 35.7 Å². The lowest BCUT2D eigenvalue weighted by Crippen LogP contribution is -2.30. The topological polar surface area (TPSA) is 40.6 Å². The molecule has 0 heterocycles. The van der Waals surface area contributed by atoms with Crippen LogP contribution in [0, 0.1) is 11.8 Å². The molecule has 0 aliphatic heterocycles. The fraction of sp³-hybridized carbons (Fsp3) is 0.571. The van der Waals surface area contributed by atoms with Crippen LogP contribution in [0.3, 0.4) is 0 Å². The SMILES string of the molecule is C=CN(C=O)CC1CCC(CN(C=C)C=O)CC1. The van der Waals surface area contributed by atoms with Gasteiger partial charge in [0.1, 0.15) is 0 Å². The van der Waals surface area contributed by atoms with Crippen LogP contribution in [0.5, 0.6) is 0 Å². The third kappa shape index (κ3) is 4.35. The van der Waals surface area contributed by atoms with Crippen molar-refractivity contribution in [2.75, 3.05) is 13.1 Å². The molecule has 0 bridgehead atoms. The van der Waals surface area contributed by atoms with Gasteiger partial charge < -0.3 is 9.80 Å². The van der Waals surface area contributed by atoms with Crippen LogP contribution in [-0.2, 0) is 9.59 Å². The van der Waals surface area contributed by atoms with Crippen molar-refractivity contribution < 1.29 is 9.59 Å². The van der Waals surface area contributed by atoms with E-state index in [1.807, 2.05) is 0 Å². The van der Waals surface area contributed by atoms with Crippen molar-refractivity contribution >= 4 is 12.8 Å². The largest absolute Gasteiger partial charge is 0.322 e. The van der Waals surface area contributed by atoms with Gasteiger partial charge in [-0.1, -0.05) is 13.2 Å². The second-order valence-corrected chi connectivity index (χ2v) is 4.86. The molecule has 0 aromatic rings. The van der Waals surface area contributed by atoms with Gasteiger partial charge in [0.15, 0.2) is 0 Å². The Bertz CT molecular complexity index is 250. The lowest BCUT2D eigenvalue weighted by atomic mass is 9.81. The zero-order valence-corrected chi connectivity index (χ0v) is 10.8. The Balaban J connectivity index is 2.31. The molecule has 0 aromatic heterocycles. The Morgan fingerprint density at radius 3 is 1.39 bits per heavy atom. The molecule has 18 heavy (non-hydrogen) atoms. The predicted molar refractivity (Wildman–Crippen MR) is 71.4 cm³/mol. The van der Waals surface area contributed by atoms with Gasteiger partial charge in [-0.3, -0.25) is 9.59 Å². The van der Waals surface area contributed by atoms with Crippen LogP contribution in [0.2, 0.25) is 0 Å². The lowest BCUT2D eigenvalue weighted by molar-refractivity contribution is -0.117. The van der Waals surface area contributed by atoms with E-state index in [9.17, 15) is 9.59 Å². The first-order valence-electron chi connectivity index (χ1n) is 6.40. The maximum absolute atomic E-state index is 10.7. The van der Waals surface area contributed by atoms with Gasteiger partial charge in [0.05, 0.1) is 0 Å². The molecule has 1 saturated carbocycles. The molecule has 0 aromatic carbocycles. The van der Waals surface area contributed by atoms with E-state index >= 15 is 0 Å². The average molecular weight is 250 g/mol. The smallest absolute Gasteiger partial charge is 0.213 e. The van der Waals surface area contributed by atoms with Crippen LogP contribution in [0.1, 0.15) is 25.7 Å². The molecule has 1 aliphatic carbocycles. The summed E-state index contributed by atoms with van der Waals surface area (Å²) in [6, 6.07) is 0. The fourth-order valence-corrected chi connectivity index (χ4v) is 2.51. The summed E-state index contributed by atoms with van der Waals surface area (Å²) in [5.74, 6) is 1.11. The van der Waals surface area contributed by atoms with Crippen molar-refractivity contribution in [1.29, 1.82) is 0 Å². The molecule has 0 unspecified atom stereocenters. The third-order valence-corrected chi connectivity index (χ3v) is 3.64. The molecular weight excluding hydrogens is 228 g/mol. The maximum atomic E-state index is 10.7. The summed E-state index contributed by atoms with van der Waals surface area (Å²) in [5, 5.41) is 0. The van der Waals surface area contributed by atoms with Gasteiger partial charge in [0.25, 0.3) is 0 Å². The Hall–Kier alpha value is -1.58. The number of rotatable bonds is 8. The molecule has 0 radical (unpaired) electrons. The van der Waals surface area contributed by atoms with E-state index in [1.54, 1.807) is 22.2 Å². The van der Waals surface area contributed by atoms with Crippen LogP contribution in [0.15, 0.2) is 25.6 Å². The summed E-state index contributed by atoms with van der Waals surface area (Å²) in [6.45, 7) is 8.75. The summed E-state index contributed by atoms with van der Waals surface area (Å²) in [6.07, 6.45) is 9.21. The zero-order chi connectivity index (χ0) is 13.4. The summed E-state index contributed by atoms with van der Waals surface area (Å²) >= 11 is 0. The minimum Gasteiger partial charge on any atom is -0.322 e. The van der Waals surface area contributed by atoms with E-state index < -0.39 is 0 Å². The number of carbonyl (C=O) groups excluding carboxylic acids is 2. The van der Waals surface area contributed by atoms with Gasteiger partial charge in [-0.25, -0.2) is 0 Å². The highest BCUT2D eigenvalue weighted by molar-refractivity contribution is 5.49. The molecule has 2 amide bonds. The van der Waals surface area contributed by atoms with Gasteiger partial charge in [-0.2, -0.15) is 0 Å². The fourth-order valence-electron chi connectivity index (χ4n) is 2.51. The summed E-state index contributed by atoms with van der Waals surface area (Å²) in [7, 11) is 0. The van der Waals surface area contributed by atoms with Crippen molar-refractivity contribution in [2.45, 2.75) is 25.7 Å². The Morgan fingerprint density at radius 2 is 1.17 bits per heavy atom. The molecule has 0 atom stereocenters. The quantitative estimate of drug-likeness (QED) is 0.618. The summed E-state index contributed by atoms with van der Waals surface area (Å²) in [5.41, 5.74) is 0. The standard InChI is InChI=1S/C14H22N2O2/c1-3-15(11-17)9-13-5-7-14(8-6-13)10-16(4-2)12-18/h3-4,11-14H,1-2,5-10H2. The van der Waals surface area contributed by atoms with Crippen molar-refractivity contribution in [3.63, 3.8) is 0 Å². The number of hydrogen-bond acceptors (Lipinski definition) is 2. The molecule has 0 saturated heterocycles. The molecule has 1 aliphatic rings. The van der Waals surface area contributed by atoms with Crippen molar-refractivity contribution in [3.8, 4) is 0 Å². The Labute approximate surface area is 109 Å². The van der Waals surface area contributed by atoms with Crippen LogP contribution < -0.4 is 0 Å². The van der Waals surface area contributed by atoms with E-state index in [0.29, 0.717) is 11.8 Å². The van der Waals surface area contributed by atoms with Crippen LogP contribution in [0.4, 0.5) is 0 Å². The predicted octanol–water partition coefficient (Wildman–Crippen LogP) is 2.00. The maximum Gasteiger partial charge on any atom is 0.213 e. The third-order valence-electron chi connectivity index (χ3n) is 3.64. The molecule has 4 nitrogen and oxygen atoms in total. The molecular formula is C14H22N2O2. The first-order valence-corrected chi connectivity index (χ1v) is 6.40. The second kappa shape index (κ2) is 7.69. The minimum absolute atomic E-state index is 0.554. The summed E-state index contributed by atoms with van der Waals surface area (Å²) < 4.78 is 0. The molecule has 0 spiro atoms. The first-order chi connectivity index (χ1) is 8.73. The lowest BCUT2D eigenvalue weighted by Gasteiger charge is -2.31. The monoisotopic (exact) mass is 250 g/mol. The van der Waals surface area contributed by atoms with E-state index in [0.717, 1.165) is 51.6 Å². The van der Waals surface area contributed by atoms with Crippen LogP contribution in [0.25, 0.3) is 0 Å². The zero-order valence-electron chi connectivity index (χ0n) is 10.8. The number of hydrogen-bond donors (Lipinski definition) is 0. The second-order valence-electron chi connectivity index (χ2n) is 4.86. The number of nitrogens with zero attached hydrogens (tertiary/aromatic N) is 2. The Kier molecular flexibility index (Phi) is 6.19. The van der Waals surface area contributed by atoms with Gasteiger partial charge in [-0.05, 0) is 49.9 Å². The highest BCUT2D eigenvalue weighted by Gasteiger charge is 2.23. The van der Waals surface area contributed by atoms with Gasteiger partial charge in [-0.15, -0.1) is 0 Å². The first kappa shape index (κ1) is 14.5. The normalized spacial score (nSPS) is 22.9. The molecule has 0 N–H and O–H groups in total. The van der Waals surface area contributed by atoms with Crippen LogP contribution >= 0.6 is 0 Å². The van der Waals surface area contributed by atoms with E-state index in [2.05, 4.69) is 13.2 Å². The molecule has 1 fully saturated rings. The van der Waals surface area contributed by atoms with Gasteiger partial charge in [0, 0.05) is 13.1 Å². The molecule has 1 rings (SSSR count). The number of carbonyl (C=O) groups is 2. The van der Waals surface area contributed by atoms with Crippen molar-refractivity contribution in [2.24, 2.45) is 11.8 Å². The molecule has 100 valence electrons. The molecule has 4 heteroatoms. The number of amides is 2.